The molecule has 21 heavy (non-hydrogen) atoms. The number of thiophene rings is 1. The van der Waals surface area contributed by atoms with Crippen LogP contribution in [0, 0.1) is 0 Å². The lowest BCUT2D eigenvalue weighted by atomic mass is 10.2. The third-order valence-corrected chi connectivity index (χ3v) is 6.17. The van der Waals surface area contributed by atoms with E-state index < -0.39 is 10.0 Å². The van der Waals surface area contributed by atoms with Crippen molar-refractivity contribution in [1.29, 1.82) is 0 Å². The molecular formula is C14H18N2O3S2. The van der Waals surface area contributed by atoms with E-state index in [0.29, 0.717) is 30.3 Å². The number of hydrogen-bond acceptors (Lipinski definition) is 5. The van der Waals surface area contributed by atoms with Gasteiger partial charge in [0.2, 0.25) is 0 Å². The van der Waals surface area contributed by atoms with Crippen molar-refractivity contribution < 1.29 is 13.2 Å². The molecule has 0 aliphatic heterocycles. The lowest BCUT2D eigenvalue weighted by Crippen LogP contribution is -2.31. The average molecular weight is 326 g/mol. The summed E-state index contributed by atoms with van der Waals surface area (Å²) in [6.07, 6.45) is 3.99. The van der Waals surface area contributed by atoms with E-state index in [4.69, 9.17) is 4.74 Å². The molecule has 0 radical (unpaired) electrons. The van der Waals surface area contributed by atoms with E-state index in [1.165, 1.54) is 15.6 Å². The van der Waals surface area contributed by atoms with Gasteiger partial charge in [-0.05, 0) is 35.6 Å². The second-order valence-electron chi connectivity index (χ2n) is 4.47. The third kappa shape index (κ3) is 4.34. The third-order valence-electron chi connectivity index (χ3n) is 2.95. The van der Waals surface area contributed by atoms with Crippen molar-refractivity contribution in [3.63, 3.8) is 0 Å². The van der Waals surface area contributed by atoms with E-state index in [0.717, 1.165) is 5.56 Å². The summed E-state index contributed by atoms with van der Waals surface area (Å²) in [4.78, 5) is 3.95. The Morgan fingerprint density at radius 3 is 2.67 bits per heavy atom. The number of hydrogen-bond donors (Lipinski definition) is 0. The minimum atomic E-state index is -3.46. The van der Waals surface area contributed by atoms with E-state index in [-0.39, 0.29) is 0 Å². The molecule has 0 N–H and O–H groups in total. The predicted octanol–water partition coefficient (Wildman–Crippen LogP) is 2.37. The Balaban J connectivity index is 2.19. The number of rotatable bonds is 8. The number of ether oxygens (including phenoxy) is 1. The number of aromatic nitrogens is 1. The molecule has 0 saturated heterocycles. The maximum Gasteiger partial charge on any atom is 0.252 e. The van der Waals surface area contributed by atoms with Crippen molar-refractivity contribution in [3.05, 3.63) is 47.6 Å². The highest BCUT2D eigenvalue weighted by Gasteiger charge is 2.25. The minimum absolute atomic E-state index is 0.340. The molecule has 7 heteroatoms. The summed E-state index contributed by atoms with van der Waals surface area (Å²) in [5, 5.41) is 1.77. The van der Waals surface area contributed by atoms with Crippen molar-refractivity contribution in [2.24, 2.45) is 0 Å². The fourth-order valence-corrected chi connectivity index (χ4v) is 4.51. The van der Waals surface area contributed by atoms with Crippen LogP contribution in [0.25, 0.3) is 0 Å². The molecule has 2 aromatic heterocycles. The van der Waals surface area contributed by atoms with Crippen molar-refractivity contribution in [2.75, 3.05) is 20.3 Å². The van der Waals surface area contributed by atoms with Crippen molar-refractivity contribution in [1.82, 2.24) is 9.29 Å². The molecule has 0 aliphatic rings. The van der Waals surface area contributed by atoms with Gasteiger partial charge in [0.05, 0.1) is 0 Å². The molecule has 5 nitrogen and oxygen atoms in total. The van der Waals surface area contributed by atoms with E-state index in [1.807, 2.05) is 12.1 Å². The van der Waals surface area contributed by atoms with Gasteiger partial charge in [0.1, 0.15) is 4.21 Å². The first-order valence-electron chi connectivity index (χ1n) is 6.56. The van der Waals surface area contributed by atoms with E-state index in [1.54, 1.807) is 37.0 Å². The Morgan fingerprint density at radius 2 is 2.05 bits per heavy atom. The van der Waals surface area contributed by atoms with Crippen LogP contribution in [-0.2, 0) is 21.3 Å². The molecule has 0 unspecified atom stereocenters. The molecule has 0 saturated carbocycles. The van der Waals surface area contributed by atoms with Crippen LogP contribution in [0.15, 0.2) is 46.2 Å². The van der Waals surface area contributed by atoms with Gasteiger partial charge in [0, 0.05) is 39.2 Å². The molecule has 0 aliphatic carbocycles. The van der Waals surface area contributed by atoms with Crippen molar-refractivity contribution in [3.8, 4) is 0 Å². The van der Waals surface area contributed by atoms with Crippen LogP contribution in [0.5, 0.6) is 0 Å². The maximum atomic E-state index is 12.7. The molecule has 2 rings (SSSR count). The first-order chi connectivity index (χ1) is 10.1. The zero-order valence-corrected chi connectivity index (χ0v) is 13.4. The number of methoxy groups -OCH3 is 1. The van der Waals surface area contributed by atoms with E-state index in [2.05, 4.69) is 4.98 Å². The summed E-state index contributed by atoms with van der Waals surface area (Å²) in [5.41, 5.74) is 0.919. The summed E-state index contributed by atoms with van der Waals surface area (Å²) < 4.78 is 32.2. The van der Waals surface area contributed by atoms with Crippen molar-refractivity contribution >= 4 is 21.4 Å². The van der Waals surface area contributed by atoms with Gasteiger partial charge in [-0.15, -0.1) is 11.3 Å². The molecule has 0 amide bonds. The Labute approximate surface area is 129 Å². The van der Waals surface area contributed by atoms with Gasteiger partial charge in [-0.1, -0.05) is 6.07 Å². The molecule has 0 bridgehead atoms. The maximum absolute atomic E-state index is 12.7. The van der Waals surface area contributed by atoms with Gasteiger partial charge in [-0.3, -0.25) is 4.98 Å². The van der Waals surface area contributed by atoms with Crippen LogP contribution in [0.2, 0.25) is 0 Å². The van der Waals surface area contributed by atoms with Crippen LogP contribution in [0.3, 0.4) is 0 Å². The van der Waals surface area contributed by atoms with E-state index in [9.17, 15) is 8.42 Å². The van der Waals surface area contributed by atoms with Gasteiger partial charge in [0.25, 0.3) is 10.0 Å². The summed E-state index contributed by atoms with van der Waals surface area (Å²) in [7, 11) is -1.85. The number of nitrogens with zero attached hydrogens (tertiary/aromatic N) is 2. The Kier molecular flexibility index (Phi) is 5.86. The molecular weight excluding hydrogens is 308 g/mol. The smallest absolute Gasteiger partial charge is 0.252 e. The molecule has 2 aromatic rings. The largest absolute Gasteiger partial charge is 0.385 e. The fraction of sp³-hybridized carbons (Fsp3) is 0.357. The highest BCUT2D eigenvalue weighted by Crippen LogP contribution is 2.22. The predicted molar refractivity (Wildman–Crippen MR) is 82.6 cm³/mol. The van der Waals surface area contributed by atoms with Crippen LogP contribution >= 0.6 is 11.3 Å². The Morgan fingerprint density at radius 1 is 1.29 bits per heavy atom. The quantitative estimate of drug-likeness (QED) is 0.699. The van der Waals surface area contributed by atoms with Gasteiger partial charge in [0.15, 0.2) is 0 Å². The molecule has 0 spiro atoms. The van der Waals surface area contributed by atoms with Gasteiger partial charge >= 0.3 is 0 Å². The Bertz CT molecular complexity index is 628. The van der Waals surface area contributed by atoms with Crippen molar-refractivity contribution in [2.45, 2.75) is 17.2 Å². The van der Waals surface area contributed by atoms with Crippen LogP contribution < -0.4 is 0 Å². The topological polar surface area (TPSA) is 59.5 Å². The highest BCUT2D eigenvalue weighted by atomic mass is 32.2. The number of pyridine rings is 1. The molecule has 0 fully saturated rings. The van der Waals surface area contributed by atoms with Gasteiger partial charge in [-0.2, -0.15) is 4.31 Å². The summed E-state index contributed by atoms with van der Waals surface area (Å²) in [6, 6.07) is 7.04. The lowest BCUT2D eigenvalue weighted by Gasteiger charge is -2.21. The lowest BCUT2D eigenvalue weighted by molar-refractivity contribution is 0.186. The molecule has 0 atom stereocenters. The van der Waals surface area contributed by atoms with Gasteiger partial charge < -0.3 is 4.74 Å². The molecule has 2 heterocycles. The second-order valence-corrected chi connectivity index (χ2v) is 7.58. The standard InChI is InChI=1S/C14H18N2O3S2/c1-19-10-3-9-16(12-13-5-7-15-8-6-13)21(17,18)14-4-2-11-20-14/h2,4-8,11H,3,9-10,12H2,1H3. The SMILES string of the molecule is COCCCN(Cc1ccncc1)S(=O)(=O)c1cccs1. The zero-order chi connectivity index (χ0) is 15.1. The van der Waals surface area contributed by atoms with Gasteiger partial charge in [-0.25, -0.2) is 8.42 Å². The van der Waals surface area contributed by atoms with Crippen LogP contribution in [-0.4, -0.2) is 38.0 Å². The number of sulfonamides is 1. The summed E-state index contributed by atoms with van der Waals surface area (Å²) in [6.45, 7) is 1.30. The summed E-state index contributed by atoms with van der Waals surface area (Å²) in [5.74, 6) is 0. The summed E-state index contributed by atoms with van der Waals surface area (Å²) >= 11 is 1.23. The van der Waals surface area contributed by atoms with Crippen LogP contribution in [0.4, 0.5) is 0 Å². The normalized spacial score (nSPS) is 11.9. The zero-order valence-electron chi connectivity index (χ0n) is 11.8. The van der Waals surface area contributed by atoms with Crippen LogP contribution in [0.1, 0.15) is 12.0 Å². The second kappa shape index (κ2) is 7.65. The monoisotopic (exact) mass is 326 g/mol. The Hall–Kier alpha value is -1.28. The molecule has 0 aromatic carbocycles. The first-order valence-corrected chi connectivity index (χ1v) is 8.88. The first kappa shape index (κ1) is 16.1. The van der Waals surface area contributed by atoms with E-state index >= 15 is 0 Å². The highest BCUT2D eigenvalue weighted by molar-refractivity contribution is 7.91. The molecule has 114 valence electrons. The average Bonchev–Trinajstić information content (AvgIpc) is 3.02. The fourth-order valence-electron chi connectivity index (χ4n) is 1.90. The minimum Gasteiger partial charge on any atom is -0.385 e.